The van der Waals surface area contributed by atoms with Gasteiger partial charge in [-0.15, -0.1) is 11.6 Å². The summed E-state index contributed by atoms with van der Waals surface area (Å²) in [5.74, 6) is 0. The third-order valence-corrected chi connectivity index (χ3v) is 2.31. The van der Waals surface area contributed by atoms with Crippen LogP contribution in [0, 0.1) is 13.8 Å². The minimum absolute atomic E-state index is 0. The molecule has 0 radical (unpaired) electrons. The molecule has 0 bridgehead atoms. The molecular weight excluding hydrogens is 170 g/mol. The molecule has 12 heavy (non-hydrogen) atoms. The first kappa shape index (κ1) is 11.5. The van der Waals surface area contributed by atoms with Gasteiger partial charge in [-0.25, -0.2) is 0 Å². The first-order valence-corrected chi connectivity index (χ1v) is 4.26. The van der Waals surface area contributed by atoms with E-state index in [1.165, 1.54) is 16.7 Å². The lowest BCUT2D eigenvalue weighted by Gasteiger charge is -2.09. The molecule has 0 heterocycles. The molecule has 1 unspecified atom stereocenters. The fraction of sp³-hybridized carbons (Fsp3) is 0.400. The number of alkyl halides is 1. The normalized spacial score (nSPS) is 12.0. The maximum absolute atomic E-state index is 5.98. The van der Waals surface area contributed by atoms with Crippen molar-refractivity contribution >= 4 is 11.6 Å². The topological polar surface area (TPSA) is 35.0 Å². The molecule has 0 spiro atoms. The predicted molar refractivity (Wildman–Crippen MR) is 55.2 cm³/mol. The number of hydrogen-bond donors (Lipinski definition) is 1. The molecule has 1 aromatic carbocycles. The van der Waals surface area contributed by atoms with Crippen molar-refractivity contribution in [1.29, 1.82) is 0 Å². The smallest absolute Gasteiger partial charge is 0.0559 e. The van der Waals surface area contributed by atoms with Crippen molar-refractivity contribution in [2.45, 2.75) is 26.1 Å². The lowest BCUT2D eigenvalue weighted by Crippen LogP contribution is -1.91. The van der Waals surface area contributed by atoms with E-state index < -0.39 is 0 Å². The van der Waals surface area contributed by atoms with Gasteiger partial charge in [0.25, 0.3) is 0 Å². The van der Waals surface area contributed by atoms with Crippen LogP contribution in [0.2, 0.25) is 0 Å². The van der Waals surface area contributed by atoms with Gasteiger partial charge in [0.1, 0.15) is 0 Å². The number of hydrogen-bond acceptors (Lipinski definition) is 1. The number of benzene rings is 1. The lowest BCUT2D eigenvalue weighted by atomic mass is 10.0. The van der Waals surface area contributed by atoms with Crippen LogP contribution in [0.4, 0.5) is 0 Å². The summed E-state index contributed by atoms with van der Waals surface area (Å²) in [7, 11) is 0. The van der Waals surface area contributed by atoms with Crippen LogP contribution >= 0.6 is 11.6 Å². The van der Waals surface area contributed by atoms with E-state index in [-0.39, 0.29) is 11.5 Å². The van der Waals surface area contributed by atoms with E-state index in [1.54, 1.807) is 0 Å². The molecule has 0 aromatic heterocycles. The Hall–Kier alpha value is -0.530. The van der Waals surface area contributed by atoms with Gasteiger partial charge in [-0.05, 0) is 37.5 Å². The highest BCUT2D eigenvalue weighted by Gasteiger charge is 2.04. The summed E-state index contributed by atoms with van der Waals surface area (Å²) in [6.07, 6.45) is 0. The maximum atomic E-state index is 5.98. The Morgan fingerprint density at radius 3 is 2.25 bits per heavy atom. The van der Waals surface area contributed by atoms with Crippen molar-refractivity contribution in [3.8, 4) is 0 Å². The summed E-state index contributed by atoms with van der Waals surface area (Å²) >= 11 is 5.98. The minimum atomic E-state index is 0. The Labute approximate surface area is 79.3 Å². The van der Waals surface area contributed by atoms with Crippen molar-refractivity contribution in [2.75, 3.05) is 0 Å². The molecule has 1 rings (SSSR count). The van der Waals surface area contributed by atoms with Crippen LogP contribution in [-0.2, 0) is 0 Å². The van der Waals surface area contributed by atoms with Gasteiger partial charge < -0.3 is 6.15 Å². The second-order valence-electron chi connectivity index (χ2n) is 2.91. The summed E-state index contributed by atoms with van der Waals surface area (Å²) in [5, 5.41) is 0.120. The van der Waals surface area contributed by atoms with Crippen LogP contribution in [-0.4, -0.2) is 0 Å². The largest absolute Gasteiger partial charge is 0.344 e. The van der Waals surface area contributed by atoms with Crippen molar-refractivity contribution in [3.63, 3.8) is 0 Å². The van der Waals surface area contributed by atoms with Crippen LogP contribution in [0.5, 0.6) is 0 Å². The Morgan fingerprint density at radius 1 is 1.25 bits per heavy atom. The van der Waals surface area contributed by atoms with Crippen LogP contribution in [0.3, 0.4) is 0 Å². The van der Waals surface area contributed by atoms with E-state index in [0.717, 1.165) is 0 Å². The molecule has 2 heteroatoms. The SMILES string of the molecule is Cc1cccc(C(C)Cl)c1C.N. The van der Waals surface area contributed by atoms with Gasteiger partial charge in [0.05, 0.1) is 5.38 Å². The first-order chi connectivity index (χ1) is 5.13. The van der Waals surface area contributed by atoms with Gasteiger partial charge in [-0.3, -0.25) is 0 Å². The van der Waals surface area contributed by atoms with Crippen molar-refractivity contribution in [3.05, 3.63) is 34.9 Å². The quantitative estimate of drug-likeness (QED) is 0.665. The van der Waals surface area contributed by atoms with Gasteiger partial charge in [0, 0.05) is 0 Å². The Balaban J connectivity index is 0.00000121. The molecule has 0 aliphatic heterocycles. The molecule has 0 saturated heterocycles. The van der Waals surface area contributed by atoms with Crippen molar-refractivity contribution < 1.29 is 0 Å². The standard InChI is InChI=1S/C10H13Cl.H3N/c1-7-5-4-6-10(8(7)2)9(3)11;/h4-6,9H,1-3H3;1H3. The molecule has 3 N–H and O–H groups in total. The average Bonchev–Trinajstić information content (AvgIpc) is 1.94. The third-order valence-electron chi connectivity index (χ3n) is 2.08. The maximum Gasteiger partial charge on any atom is 0.0559 e. The molecule has 0 fully saturated rings. The molecule has 1 atom stereocenters. The second kappa shape index (κ2) is 4.48. The number of rotatable bonds is 1. The van der Waals surface area contributed by atoms with Gasteiger partial charge in [-0.2, -0.15) is 0 Å². The molecule has 0 saturated carbocycles. The Morgan fingerprint density at radius 2 is 1.83 bits per heavy atom. The fourth-order valence-electron chi connectivity index (χ4n) is 1.20. The Bertz CT molecular complexity index is 256. The van der Waals surface area contributed by atoms with Gasteiger partial charge >= 0.3 is 0 Å². The molecule has 1 aromatic rings. The van der Waals surface area contributed by atoms with E-state index in [0.29, 0.717) is 0 Å². The number of halogens is 1. The van der Waals surface area contributed by atoms with Crippen LogP contribution < -0.4 is 6.15 Å². The first-order valence-electron chi connectivity index (χ1n) is 3.83. The fourth-order valence-corrected chi connectivity index (χ4v) is 1.44. The van der Waals surface area contributed by atoms with Gasteiger partial charge in [-0.1, -0.05) is 18.2 Å². The summed E-state index contributed by atoms with van der Waals surface area (Å²) < 4.78 is 0. The van der Waals surface area contributed by atoms with E-state index in [2.05, 4.69) is 32.0 Å². The molecule has 68 valence electrons. The molecule has 0 aliphatic carbocycles. The van der Waals surface area contributed by atoms with E-state index in [9.17, 15) is 0 Å². The summed E-state index contributed by atoms with van der Waals surface area (Å²) in [4.78, 5) is 0. The van der Waals surface area contributed by atoms with Gasteiger partial charge in [0.2, 0.25) is 0 Å². The number of aryl methyl sites for hydroxylation is 1. The second-order valence-corrected chi connectivity index (χ2v) is 3.56. The van der Waals surface area contributed by atoms with Crippen LogP contribution in [0.25, 0.3) is 0 Å². The monoisotopic (exact) mass is 185 g/mol. The highest BCUT2D eigenvalue weighted by molar-refractivity contribution is 6.20. The zero-order chi connectivity index (χ0) is 8.43. The highest BCUT2D eigenvalue weighted by Crippen LogP contribution is 2.24. The Kier molecular flexibility index (Phi) is 4.29. The van der Waals surface area contributed by atoms with Crippen molar-refractivity contribution in [1.82, 2.24) is 6.15 Å². The van der Waals surface area contributed by atoms with E-state index in [4.69, 9.17) is 11.6 Å². The molecule has 1 nitrogen and oxygen atoms in total. The highest BCUT2D eigenvalue weighted by atomic mass is 35.5. The minimum Gasteiger partial charge on any atom is -0.344 e. The van der Waals surface area contributed by atoms with E-state index in [1.807, 2.05) is 6.92 Å². The van der Waals surface area contributed by atoms with Crippen LogP contribution in [0.15, 0.2) is 18.2 Å². The summed E-state index contributed by atoms with van der Waals surface area (Å²) in [6.45, 7) is 6.23. The third kappa shape index (κ3) is 2.23. The summed E-state index contributed by atoms with van der Waals surface area (Å²) in [6, 6.07) is 6.24. The van der Waals surface area contributed by atoms with E-state index >= 15 is 0 Å². The molecule has 0 aliphatic rings. The molecule has 0 amide bonds. The average molecular weight is 186 g/mol. The van der Waals surface area contributed by atoms with Crippen molar-refractivity contribution in [2.24, 2.45) is 0 Å². The summed E-state index contributed by atoms with van der Waals surface area (Å²) in [5.41, 5.74) is 3.87. The zero-order valence-electron chi connectivity index (χ0n) is 7.89. The van der Waals surface area contributed by atoms with Gasteiger partial charge in [0.15, 0.2) is 0 Å². The molecular formula is C10H16ClN. The lowest BCUT2D eigenvalue weighted by molar-refractivity contribution is 1.05. The predicted octanol–water partition coefficient (Wildman–Crippen LogP) is 3.77. The zero-order valence-corrected chi connectivity index (χ0v) is 8.65. The van der Waals surface area contributed by atoms with Crippen LogP contribution in [0.1, 0.15) is 29.0 Å².